The van der Waals surface area contributed by atoms with Gasteiger partial charge in [0.1, 0.15) is 29.4 Å². The molecule has 0 aliphatic heterocycles. The van der Waals surface area contributed by atoms with Crippen LogP contribution in [-0.4, -0.2) is 11.7 Å². The molecule has 0 heterocycles. The Morgan fingerprint density at radius 2 is 1.60 bits per heavy atom. The SMILES string of the molecule is OC(CNc1ccc(F)cc1F)c1c(F)cccc1F. The Bertz CT molecular complexity index is 598. The van der Waals surface area contributed by atoms with E-state index in [1.54, 1.807) is 0 Å². The van der Waals surface area contributed by atoms with Crippen LogP contribution < -0.4 is 5.32 Å². The van der Waals surface area contributed by atoms with Crippen molar-refractivity contribution in [2.45, 2.75) is 6.10 Å². The third-order valence-electron chi connectivity index (χ3n) is 2.75. The summed E-state index contributed by atoms with van der Waals surface area (Å²) in [5.74, 6) is -3.38. The molecule has 1 atom stereocenters. The molecular formula is C14H11F4NO. The Balaban J connectivity index is 2.11. The topological polar surface area (TPSA) is 32.3 Å². The van der Waals surface area contributed by atoms with Crippen molar-refractivity contribution in [3.63, 3.8) is 0 Å². The van der Waals surface area contributed by atoms with Gasteiger partial charge >= 0.3 is 0 Å². The van der Waals surface area contributed by atoms with Gasteiger partial charge in [0.25, 0.3) is 0 Å². The van der Waals surface area contributed by atoms with E-state index in [9.17, 15) is 22.7 Å². The smallest absolute Gasteiger partial charge is 0.149 e. The zero-order chi connectivity index (χ0) is 14.7. The van der Waals surface area contributed by atoms with Crippen molar-refractivity contribution in [2.24, 2.45) is 0 Å². The molecule has 0 bridgehead atoms. The Morgan fingerprint density at radius 3 is 2.20 bits per heavy atom. The van der Waals surface area contributed by atoms with Crippen molar-refractivity contribution in [3.8, 4) is 0 Å². The number of rotatable bonds is 4. The highest BCUT2D eigenvalue weighted by Gasteiger charge is 2.17. The molecule has 2 nitrogen and oxygen atoms in total. The monoisotopic (exact) mass is 285 g/mol. The van der Waals surface area contributed by atoms with E-state index < -0.39 is 34.9 Å². The minimum absolute atomic E-state index is 0.0674. The molecule has 0 aliphatic carbocycles. The summed E-state index contributed by atoms with van der Waals surface area (Å²) in [5, 5.41) is 12.2. The van der Waals surface area contributed by atoms with Gasteiger partial charge in [-0.15, -0.1) is 0 Å². The Labute approximate surface area is 112 Å². The lowest BCUT2D eigenvalue weighted by Crippen LogP contribution is -2.15. The second-order valence-corrected chi connectivity index (χ2v) is 4.16. The Morgan fingerprint density at radius 1 is 0.950 bits per heavy atom. The van der Waals surface area contributed by atoms with Crippen LogP contribution in [0.5, 0.6) is 0 Å². The summed E-state index contributed by atoms with van der Waals surface area (Å²) >= 11 is 0. The van der Waals surface area contributed by atoms with Gasteiger partial charge in [0.15, 0.2) is 0 Å². The maximum Gasteiger partial charge on any atom is 0.149 e. The average molecular weight is 285 g/mol. The lowest BCUT2D eigenvalue weighted by Gasteiger charge is -2.15. The highest BCUT2D eigenvalue weighted by Crippen LogP contribution is 2.22. The summed E-state index contributed by atoms with van der Waals surface area (Å²) in [4.78, 5) is 0. The summed E-state index contributed by atoms with van der Waals surface area (Å²) in [6.07, 6.45) is -1.50. The summed E-state index contributed by atoms with van der Waals surface area (Å²) in [6.45, 7) is -0.319. The second-order valence-electron chi connectivity index (χ2n) is 4.16. The number of halogens is 4. The van der Waals surface area contributed by atoms with Crippen LogP contribution in [0.1, 0.15) is 11.7 Å². The average Bonchev–Trinajstić information content (AvgIpc) is 2.37. The third-order valence-corrected chi connectivity index (χ3v) is 2.75. The highest BCUT2D eigenvalue weighted by molar-refractivity contribution is 5.45. The summed E-state index contributed by atoms with van der Waals surface area (Å²) in [5.41, 5.74) is -0.565. The first kappa shape index (κ1) is 14.3. The van der Waals surface area contributed by atoms with Crippen LogP contribution in [0.15, 0.2) is 36.4 Å². The molecule has 2 aromatic carbocycles. The summed E-state index contributed by atoms with van der Waals surface area (Å²) in [6, 6.07) is 6.03. The highest BCUT2D eigenvalue weighted by atomic mass is 19.1. The van der Waals surface area contributed by atoms with Gasteiger partial charge < -0.3 is 10.4 Å². The van der Waals surface area contributed by atoms with E-state index in [1.807, 2.05) is 0 Å². The first-order valence-electron chi connectivity index (χ1n) is 5.80. The van der Waals surface area contributed by atoms with Crippen LogP contribution >= 0.6 is 0 Å². The molecule has 106 valence electrons. The largest absolute Gasteiger partial charge is 0.386 e. The van der Waals surface area contributed by atoms with Crippen LogP contribution in [0.3, 0.4) is 0 Å². The molecule has 2 aromatic rings. The number of aliphatic hydroxyl groups is 1. The summed E-state index contributed by atoms with van der Waals surface area (Å²) in [7, 11) is 0. The van der Waals surface area contributed by atoms with Crippen molar-refractivity contribution in [1.29, 1.82) is 0 Å². The molecule has 20 heavy (non-hydrogen) atoms. The van der Waals surface area contributed by atoms with Crippen molar-refractivity contribution in [1.82, 2.24) is 0 Å². The van der Waals surface area contributed by atoms with E-state index in [0.29, 0.717) is 6.07 Å². The van der Waals surface area contributed by atoms with Crippen molar-refractivity contribution in [2.75, 3.05) is 11.9 Å². The van der Waals surface area contributed by atoms with Crippen LogP contribution in [0.25, 0.3) is 0 Å². The van der Waals surface area contributed by atoms with E-state index in [1.165, 1.54) is 6.07 Å². The fourth-order valence-corrected chi connectivity index (χ4v) is 1.77. The van der Waals surface area contributed by atoms with Gasteiger partial charge in [0.05, 0.1) is 11.3 Å². The quantitative estimate of drug-likeness (QED) is 0.844. The van der Waals surface area contributed by atoms with Crippen molar-refractivity contribution in [3.05, 3.63) is 65.2 Å². The fourth-order valence-electron chi connectivity index (χ4n) is 1.77. The van der Waals surface area contributed by atoms with Gasteiger partial charge in [0.2, 0.25) is 0 Å². The fraction of sp³-hybridized carbons (Fsp3) is 0.143. The zero-order valence-corrected chi connectivity index (χ0v) is 10.2. The molecule has 2 rings (SSSR count). The minimum atomic E-state index is -1.50. The normalized spacial score (nSPS) is 12.2. The van der Waals surface area contributed by atoms with Gasteiger partial charge in [-0.3, -0.25) is 0 Å². The van der Waals surface area contributed by atoms with Crippen LogP contribution in [-0.2, 0) is 0 Å². The van der Waals surface area contributed by atoms with Crippen LogP contribution in [0, 0.1) is 23.3 Å². The van der Waals surface area contributed by atoms with Gasteiger partial charge in [-0.25, -0.2) is 17.6 Å². The number of hydrogen-bond donors (Lipinski definition) is 2. The predicted molar refractivity (Wildman–Crippen MR) is 66.2 cm³/mol. The molecule has 6 heteroatoms. The molecule has 0 amide bonds. The number of aliphatic hydroxyl groups excluding tert-OH is 1. The van der Waals surface area contributed by atoms with E-state index in [-0.39, 0.29) is 12.2 Å². The maximum absolute atomic E-state index is 13.4. The van der Waals surface area contributed by atoms with Crippen molar-refractivity contribution >= 4 is 5.69 Å². The molecule has 0 spiro atoms. The van der Waals surface area contributed by atoms with Crippen LogP contribution in [0.2, 0.25) is 0 Å². The third kappa shape index (κ3) is 3.08. The van der Waals surface area contributed by atoms with Gasteiger partial charge in [-0.1, -0.05) is 6.07 Å². The molecule has 0 aliphatic rings. The molecule has 0 aromatic heterocycles. The lowest BCUT2D eigenvalue weighted by atomic mass is 10.1. The second kappa shape index (κ2) is 5.92. The maximum atomic E-state index is 13.4. The Kier molecular flexibility index (Phi) is 4.24. The standard InChI is InChI=1S/C14H11F4NO/c15-8-4-5-12(11(18)6-8)19-7-13(20)14-9(16)2-1-3-10(14)17/h1-6,13,19-20H,7H2. The van der Waals surface area contributed by atoms with E-state index in [0.717, 1.165) is 24.3 Å². The zero-order valence-electron chi connectivity index (χ0n) is 10.2. The number of hydrogen-bond acceptors (Lipinski definition) is 2. The molecule has 0 radical (unpaired) electrons. The molecule has 0 fully saturated rings. The molecule has 2 N–H and O–H groups in total. The van der Waals surface area contributed by atoms with E-state index in [4.69, 9.17) is 0 Å². The first-order chi connectivity index (χ1) is 9.49. The first-order valence-corrected chi connectivity index (χ1v) is 5.80. The number of nitrogens with one attached hydrogen (secondary N) is 1. The van der Waals surface area contributed by atoms with E-state index in [2.05, 4.69) is 5.32 Å². The van der Waals surface area contributed by atoms with Gasteiger partial charge in [-0.2, -0.15) is 0 Å². The lowest BCUT2D eigenvalue weighted by molar-refractivity contribution is 0.181. The van der Waals surface area contributed by atoms with Crippen LogP contribution in [0.4, 0.5) is 23.2 Å². The molecule has 1 unspecified atom stereocenters. The molecule has 0 saturated heterocycles. The van der Waals surface area contributed by atoms with Gasteiger partial charge in [0, 0.05) is 12.6 Å². The minimum Gasteiger partial charge on any atom is -0.386 e. The molecule has 0 saturated carbocycles. The van der Waals surface area contributed by atoms with Crippen molar-refractivity contribution < 1.29 is 22.7 Å². The predicted octanol–water partition coefficient (Wildman–Crippen LogP) is 3.39. The van der Waals surface area contributed by atoms with E-state index >= 15 is 0 Å². The Hall–Kier alpha value is -2.08. The summed E-state index contributed by atoms with van der Waals surface area (Å²) < 4.78 is 52.8. The molecular weight excluding hydrogens is 274 g/mol. The van der Waals surface area contributed by atoms with Gasteiger partial charge in [-0.05, 0) is 24.3 Å². The number of benzene rings is 2. The number of anilines is 1.